The van der Waals surface area contributed by atoms with E-state index in [1.807, 2.05) is 6.92 Å². The van der Waals surface area contributed by atoms with Gasteiger partial charge in [0.2, 0.25) is 0 Å². The van der Waals surface area contributed by atoms with Gasteiger partial charge in [-0.2, -0.15) is 0 Å². The highest BCUT2D eigenvalue weighted by Gasteiger charge is 2.46. The number of amides is 1. The van der Waals surface area contributed by atoms with E-state index in [9.17, 15) is 14.7 Å². The fourth-order valence-electron chi connectivity index (χ4n) is 4.44. The molecule has 1 aliphatic rings. The van der Waals surface area contributed by atoms with Gasteiger partial charge in [0.05, 0.1) is 32.9 Å². The second-order valence-corrected chi connectivity index (χ2v) is 8.31. The molecule has 1 N–H and O–H groups in total. The number of likely N-dealkylation sites (tertiary alicyclic amines) is 1. The van der Waals surface area contributed by atoms with Crippen molar-refractivity contribution in [1.29, 1.82) is 0 Å². The number of ketones is 1. The number of ether oxygens (including phenoxy) is 3. The average molecular weight is 483 g/mol. The third-order valence-electron chi connectivity index (χ3n) is 6.50. The van der Waals surface area contributed by atoms with Gasteiger partial charge in [0, 0.05) is 18.7 Å². The molecule has 8 nitrogen and oxygen atoms in total. The van der Waals surface area contributed by atoms with Crippen LogP contribution in [0.25, 0.3) is 5.76 Å². The highest BCUT2D eigenvalue weighted by Crippen LogP contribution is 2.42. The van der Waals surface area contributed by atoms with Crippen LogP contribution in [0.15, 0.2) is 42.0 Å². The predicted molar refractivity (Wildman–Crippen MR) is 134 cm³/mol. The number of likely N-dealkylation sites (N-methyl/N-ethyl adjacent to an activating group) is 1. The molecular weight excluding hydrogens is 448 g/mol. The summed E-state index contributed by atoms with van der Waals surface area (Å²) in [6.45, 7) is 8.51. The molecule has 0 unspecified atom stereocenters. The zero-order chi connectivity index (χ0) is 25.7. The van der Waals surface area contributed by atoms with Gasteiger partial charge in [-0.15, -0.1) is 0 Å². The number of hydrogen-bond donors (Lipinski definition) is 1. The smallest absolute Gasteiger partial charge is 0.295 e. The standard InChI is InChI=1S/C27H34N2O6/c1-7-28(8-2)13-14-29-24(18-9-12-21(34-5)22(16-18)35-6)23(26(31)27(29)32)25(30)20-11-10-19(33-4)15-17(20)3/h9-12,15-16,24,30H,7-8,13-14H2,1-6H3/t24-/m0/s1. The molecule has 0 bridgehead atoms. The van der Waals surface area contributed by atoms with E-state index in [0.29, 0.717) is 41.5 Å². The molecule has 0 aromatic heterocycles. The Morgan fingerprint density at radius 3 is 2.23 bits per heavy atom. The van der Waals surface area contributed by atoms with Crippen LogP contribution in [0, 0.1) is 6.92 Å². The van der Waals surface area contributed by atoms with E-state index in [0.717, 1.165) is 18.7 Å². The van der Waals surface area contributed by atoms with E-state index >= 15 is 0 Å². The summed E-state index contributed by atoms with van der Waals surface area (Å²) in [6, 6.07) is 9.67. The number of nitrogens with zero attached hydrogens (tertiary/aromatic N) is 2. The molecule has 0 aliphatic carbocycles. The first-order chi connectivity index (χ1) is 16.8. The van der Waals surface area contributed by atoms with Crippen molar-refractivity contribution in [2.75, 3.05) is 47.5 Å². The zero-order valence-corrected chi connectivity index (χ0v) is 21.3. The Morgan fingerprint density at radius 1 is 0.971 bits per heavy atom. The van der Waals surface area contributed by atoms with E-state index in [4.69, 9.17) is 14.2 Å². The molecule has 1 amide bonds. The molecule has 1 saturated heterocycles. The lowest BCUT2D eigenvalue weighted by molar-refractivity contribution is -0.140. The van der Waals surface area contributed by atoms with E-state index in [2.05, 4.69) is 18.7 Å². The number of benzene rings is 2. The Balaban J connectivity index is 2.18. The maximum absolute atomic E-state index is 13.3. The molecule has 3 rings (SSSR count). The van der Waals surface area contributed by atoms with Crippen molar-refractivity contribution in [2.45, 2.75) is 26.8 Å². The summed E-state index contributed by atoms with van der Waals surface area (Å²) in [7, 11) is 4.63. The quantitative estimate of drug-likeness (QED) is 0.313. The van der Waals surface area contributed by atoms with E-state index < -0.39 is 17.7 Å². The van der Waals surface area contributed by atoms with Gasteiger partial charge < -0.3 is 29.1 Å². The topological polar surface area (TPSA) is 88.5 Å². The van der Waals surface area contributed by atoms with E-state index in [-0.39, 0.29) is 11.3 Å². The van der Waals surface area contributed by atoms with Gasteiger partial charge >= 0.3 is 0 Å². The average Bonchev–Trinajstić information content (AvgIpc) is 3.13. The number of aliphatic hydroxyl groups excluding tert-OH is 1. The minimum Gasteiger partial charge on any atom is -0.507 e. The molecule has 0 spiro atoms. The van der Waals surface area contributed by atoms with Gasteiger partial charge in [0.25, 0.3) is 11.7 Å². The molecule has 2 aromatic carbocycles. The Labute approximate surface area is 206 Å². The van der Waals surface area contributed by atoms with Crippen LogP contribution in [0.4, 0.5) is 0 Å². The molecule has 2 aromatic rings. The Hall–Kier alpha value is -3.52. The van der Waals surface area contributed by atoms with Crippen molar-refractivity contribution in [1.82, 2.24) is 9.80 Å². The monoisotopic (exact) mass is 482 g/mol. The maximum Gasteiger partial charge on any atom is 0.295 e. The van der Waals surface area contributed by atoms with Gasteiger partial charge in [-0.3, -0.25) is 9.59 Å². The van der Waals surface area contributed by atoms with Crippen molar-refractivity contribution < 1.29 is 28.9 Å². The normalized spacial score (nSPS) is 17.2. The summed E-state index contributed by atoms with van der Waals surface area (Å²) >= 11 is 0. The molecule has 35 heavy (non-hydrogen) atoms. The van der Waals surface area contributed by atoms with Crippen LogP contribution < -0.4 is 14.2 Å². The number of carbonyl (C=O) groups is 2. The van der Waals surface area contributed by atoms with E-state index in [1.54, 1.807) is 50.6 Å². The molecular formula is C27H34N2O6. The zero-order valence-electron chi connectivity index (χ0n) is 21.3. The van der Waals surface area contributed by atoms with Crippen LogP contribution in [0.1, 0.15) is 36.6 Å². The first-order valence-corrected chi connectivity index (χ1v) is 11.7. The lowest BCUT2D eigenvalue weighted by Crippen LogP contribution is -2.38. The van der Waals surface area contributed by atoms with Crippen LogP contribution in [-0.4, -0.2) is 74.1 Å². The Kier molecular flexibility index (Phi) is 8.40. The van der Waals surface area contributed by atoms with Crippen LogP contribution in [0.5, 0.6) is 17.2 Å². The maximum atomic E-state index is 13.3. The highest BCUT2D eigenvalue weighted by molar-refractivity contribution is 6.46. The van der Waals surface area contributed by atoms with Crippen molar-refractivity contribution >= 4 is 17.4 Å². The van der Waals surface area contributed by atoms with Gasteiger partial charge in [-0.1, -0.05) is 19.9 Å². The SMILES string of the molecule is CCN(CC)CCN1C(=O)C(=O)C(=C(O)c2ccc(OC)cc2C)[C@@H]1c1ccc(OC)c(OC)c1. The van der Waals surface area contributed by atoms with Crippen LogP contribution >= 0.6 is 0 Å². The van der Waals surface area contributed by atoms with Crippen molar-refractivity contribution in [3.8, 4) is 17.2 Å². The van der Waals surface area contributed by atoms with Crippen molar-refractivity contribution in [3.05, 3.63) is 58.7 Å². The molecule has 1 aliphatic heterocycles. The van der Waals surface area contributed by atoms with Crippen LogP contribution in [-0.2, 0) is 9.59 Å². The van der Waals surface area contributed by atoms with Crippen molar-refractivity contribution in [3.63, 3.8) is 0 Å². The number of hydrogen-bond acceptors (Lipinski definition) is 7. The van der Waals surface area contributed by atoms with Gasteiger partial charge in [0.1, 0.15) is 11.5 Å². The van der Waals surface area contributed by atoms with Crippen LogP contribution in [0.3, 0.4) is 0 Å². The third-order valence-corrected chi connectivity index (χ3v) is 6.50. The van der Waals surface area contributed by atoms with E-state index in [1.165, 1.54) is 12.0 Å². The first kappa shape index (κ1) is 26.1. The second kappa shape index (κ2) is 11.3. The molecule has 8 heteroatoms. The first-order valence-electron chi connectivity index (χ1n) is 11.7. The number of aryl methyl sites for hydroxylation is 1. The summed E-state index contributed by atoms with van der Waals surface area (Å²) in [6.07, 6.45) is 0. The number of Topliss-reactive ketones (excluding diaryl/α,β-unsaturated/α-hetero) is 1. The summed E-state index contributed by atoms with van der Waals surface area (Å²) in [4.78, 5) is 30.2. The van der Waals surface area contributed by atoms with Gasteiger partial charge in [0.15, 0.2) is 11.5 Å². The van der Waals surface area contributed by atoms with Gasteiger partial charge in [-0.05, 0) is 61.5 Å². The summed E-state index contributed by atoms with van der Waals surface area (Å²) in [5.74, 6) is 0.0767. The van der Waals surface area contributed by atoms with Crippen molar-refractivity contribution in [2.24, 2.45) is 0 Å². The largest absolute Gasteiger partial charge is 0.507 e. The molecule has 0 saturated carbocycles. The minimum atomic E-state index is -0.771. The summed E-state index contributed by atoms with van der Waals surface area (Å²) in [5.41, 5.74) is 1.89. The second-order valence-electron chi connectivity index (χ2n) is 8.31. The summed E-state index contributed by atoms with van der Waals surface area (Å²) < 4.78 is 16.1. The molecule has 1 heterocycles. The number of aliphatic hydroxyl groups is 1. The number of carbonyl (C=O) groups excluding carboxylic acids is 2. The molecule has 1 atom stereocenters. The highest BCUT2D eigenvalue weighted by atomic mass is 16.5. The Morgan fingerprint density at radius 2 is 1.66 bits per heavy atom. The third kappa shape index (κ3) is 5.12. The summed E-state index contributed by atoms with van der Waals surface area (Å²) in [5, 5.41) is 11.4. The van der Waals surface area contributed by atoms with Gasteiger partial charge in [-0.25, -0.2) is 0 Å². The lowest BCUT2D eigenvalue weighted by atomic mass is 9.93. The fourth-order valence-corrected chi connectivity index (χ4v) is 4.44. The van der Waals surface area contributed by atoms with Crippen LogP contribution in [0.2, 0.25) is 0 Å². The minimum absolute atomic E-state index is 0.0510. The number of rotatable bonds is 10. The fraction of sp³-hybridized carbons (Fsp3) is 0.407. The molecule has 0 radical (unpaired) electrons. The number of methoxy groups -OCH3 is 3. The molecule has 1 fully saturated rings. The Bertz CT molecular complexity index is 1120. The molecule has 188 valence electrons. The predicted octanol–water partition coefficient (Wildman–Crippen LogP) is 3.78. The lowest BCUT2D eigenvalue weighted by Gasteiger charge is -2.28.